The van der Waals surface area contributed by atoms with Crippen molar-refractivity contribution in [1.29, 1.82) is 0 Å². The number of benzene rings is 1. The lowest BCUT2D eigenvalue weighted by Crippen LogP contribution is -2.50. The van der Waals surface area contributed by atoms with Crippen LogP contribution in [-0.4, -0.2) is 64.0 Å². The molecular weight excluding hydrogens is 428 g/mol. The maximum atomic E-state index is 13.1. The van der Waals surface area contributed by atoms with Crippen LogP contribution < -0.4 is 10.2 Å². The van der Waals surface area contributed by atoms with E-state index >= 15 is 0 Å². The molecule has 3 heterocycles. The van der Waals surface area contributed by atoms with Crippen molar-refractivity contribution >= 4 is 17.6 Å². The first-order valence-electron chi connectivity index (χ1n) is 11.9. The molecule has 8 heteroatoms. The van der Waals surface area contributed by atoms with Gasteiger partial charge >= 0.3 is 0 Å². The van der Waals surface area contributed by atoms with E-state index in [0.29, 0.717) is 25.2 Å². The summed E-state index contributed by atoms with van der Waals surface area (Å²) in [6, 6.07) is 13.7. The van der Waals surface area contributed by atoms with Crippen molar-refractivity contribution in [2.45, 2.75) is 32.2 Å². The molecule has 1 fully saturated rings. The third-order valence-electron chi connectivity index (χ3n) is 6.27. The van der Waals surface area contributed by atoms with E-state index in [1.165, 1.54) is 0 Å². The monoisotopic (exact) mass is 460 g/mol. The zero-order valence-electron chi connectivity index (χ0n) is 19.6. The molecule has 0 saturated carbocycles. The van der Waals surface area contributed by atoms with Crippen molar-refractivity contribution in [3.8, 4) is 0 Å². The molecule has 8 nitrogen and oxygen atoms in total. The van der Waals surface area contributed by atoms with E-state index in [1.54, 1.807) is 18.7 Å². The van der Waals surface area contributed by atoms with Crippen LogP contribution in [0.25, 0.3) is 0 Å². The van der Waals surface area contributed by atoms with Gasteiger partial charge in [-0.15, -0.1) is 0 Å². The van der Waals surface area contributed by atoms with Crippen molar-refractivity contribution < 1.29 is 9.59 Å². The maximum Gasteiger partial charge on any atom is 0.252 e. The second kappa shape index (κ2) is 11.4. The SMILES string of the molecule is CCC(C(=O)N1CCN(c2ccc(C(=O)NCCCn3ccnc3)cn2)CC1)c1ccccc1. The number of nitrogens with zero attached hydrogens (tertiary/aromatic N) is 5. The Morgan fingerprint density at radius 2 is 1.85 bits per heavy atom. The van der Waals surface area contributed by atoms with Gasteiger partial charge in [0.25, 0.3) is 5.91 Å². The molecule has 2 aromatic heterocycles. The van der Waals surface area contributed by atoms with Gasteiger partial charge < -0.3 is 19.7 Å². The van der Waals surface area contributed by atoms with Gasteiger partial charge in [-0.05, 0) is 30.5 Å². The van der Waals surface area contributed by atoms with Gasteiger partial charge in [-0.1, -0.05) is 37.3 Å². The van der Waals surface area contributed by atoms with Crippen LogP contribution in [0.3, 0.4) is 0 Å². The van der Waals surface area contributed by atoms with E-state index < -0.39 is 0 Å². The number of carbonyl (C=O) groups excluding carboxylic acids is 2. The number of amides is 2. The predicted octanol–water partition coefficient (Wildman–Crippen LogP) is 2.94. The summed E-state index contributed by atoms with van der Waals surface area (Å²) in [5.41, 5.74) is 1.63. The zero-order chi connectivity index (χ0) is 23.8. The van der Waals surface area contributed by atoms with Crippen LogP contribution in [0.4, 0.5) is 5.82 Å². The Labute approximate surface area is 200 Å². The molecular formula is C26H32N6O2. The number of hydrogen-bond donors (Lipinski definition) is 1. The molecule has 1 saturated heterocycles. The van der Waals surface area contributed by atoms with Crippen molar-refractivity contribution in [2.75, 3.05) is 37.6 Å². The molecule has 1 N–H and O–H groups in total. The van der Waals surface area contributed by atoms with Gasteiger partial charge in [-0.3, -0.25) is 9.59 Å². The number of imidazole rings is 1. The molecule has 1 aliphatic heterocycles. The van der Waals surface area contributed by atoms with Crippen LogP contribution in [0, 0.1) is 0 Å². The van der Waals surface area contributed by atoms with Crippen molar-refractivity contribution in [2.24, 2.45) is 0 Å². The average molecular weight is 461 g/mol. The minimum atomic E-state index is -0.119. The average Bonchev–Trinajstić information content (AvgIpc) is 3.41. The van der Waals surface area contributed by atoms with Crippen LogP contribution in [0.15, 0.2) is 67.4 Å². The first kappa shape index (κ1) is 23.5. The summed E-state index contributed by atoms with van der Waals surface area (Å²) >= 11 is 0. The molecule has 4 rings (SSSR count). The number of anilines is 1. The Morgan fingerprint density at radius 1 is 1.06 bits per heavy atom. The van der Waals surface area contributed by atoms with E-state index in [-0.39, 0.29) is 17.7 Å². The topological polar surface area (TPSA) is 83.4 Å². The largest absolute Gasteiger partial charge is 0.353 e. The first-order chi connectivity index (χ1) is 16.7. The molecule has 0 aliphatic carbocycles. The van der Waals surface area contributed by atoms with Gasteiger partial charge in [0.15, 0.2) is 0 Å². The summed E-state index contributed by atoms with van der Waals surface area (Å²) < 4.78 is 1.99. The molecule has 1 atom stereocenters. The van der Waals surface area contributed by atoms with Crippen LogP contribution in [-0.2, 0) is 11.3 Å². The van der Waals surface area contributed by atoms with Gasteiger partial charge in [0.2, 0.25) is 5.91 Å². The van der Waals surface area contributed by atoms with Crippen LogP contribution >= 0.6 is 0 Å². The highest BCUT2D eigenvalue weighted by Crippen LogP contribution is 2.23. The van der Waals surface area contributed by atoms with Crippen LogP contribution in [0.2, 0.25) is 0 Å². The van der Waals surface area contributed by atoms with Gasteiger partial charge in [0, 0.05) is 57.9 Å². The summed E-state index contributed by atoms with van der Waals surface area (Å²) in [6.45, 7) is 6.26. The summed E-state index contributed by atoms with van der Waals surface area (Å²) in [5, 5.41) is 2.94. The number of aromatic nitrogens is 3. The predicted molar refractivity (Wildman–Crippen MR) is 132 cm³/mol. The smallest absolute Gasteiger partial charge is 0.252 e. The van der Waals surface area contributed by atoms with E-state index in [0.717, 1.165) is 43.9 Å². The fourth-order valence-corrected chi connectivity index (χ4v) is 4.31. The molecule has 2 amide bonds. The third kappa shape index (κ3) is 5.81. The Kier molecular flexibility index (Phi) is 7.91. The Bertz CT molecular complexity index is 1040. The number of hydrogen-bond acceptors (Lipinski definition) is 5. The molecule has 178 valence electrons. The molecule has 3 aromatic rings. The number of pyridine rings is 1. The number of carbonyl (C=O) groups is 2. The normalized spacial score (nSPS) is 14.6. The Balaban J connectivity index is 1.25. The molecule has 34 heavy (non-hydrogen) atoms. The minimum absolute atomic E-state index is 0.0939. The number of piperazine rings is 1. The summed E-state index contributed by atoms with van der Waals surface area (Å²) in [6.07, 6.45) is 8.67. The Morgan fingerprint density at radius 3 is 2.50 bits per heavy atom. The number of aryl methyl sites for hydroxylation is 1. The highest BCUT2D eigenvalue weighted by Gasteiger charge is 2.27. The van der Waals surface area contributed by atoms with Gasteiger partial charge in [0.05, 0.1) is 17.8 Å². The fourth-order valence-electron chi connectivity index (χ4n) is 4.31. The van der Waals surface area contributed by atoms with Crippen LogP contribution in [0.5, 0.6) is 0 Å². The van der Waals surface area contributed by atoms with Crippen LogP contribution in [0.1, 0.15) is 41.6 Å². The van der Waals surface area contributed by atoms with Crippen molar-refractivity contribution in [3.05, 3.63) is 78.5 Å². The standard InChI is InChI=1S/C26H32N6O2/c1-2-23(21-7-4-3-5-8-21)26(34)32-17-15-31(16-18-32)24-10-9-22(19-29-24)25(33)28-11-6-13-30-14-12-27-20-30/h3-5,7-10,12,14,19-20,23H,2,6,11,13,15-18H2,1H3,(H,28,33). The minimum Gasteiger partial charge on any atom is -0.353 e. The highest BCUT2D eigenvalue weighted by atomic mass is 16.2. The maximum absolute atomic E-state index is 13.1. The second-order valence-electron chi connectivity index (χ2n) is 8.50. The molecule has 0 radical (unpaired) electrons. The fraction of sp³-hybridized carbons (Fsp3) is 0.385. The van der Waals surface area contributed by atoms with Gasteiger partial charge in [0.1, 0.15) is 5.82 Å². The van der Waals surface area contributed by atoms with Crippen molar-refractivity contribution in [1.82, 2.24) is 24.8 Å². The third-order valence-corrected chi connectivity index (χ3v) is 6.27. The highest BCUT2D eigenvalue weighted by molar-refractivity contribution is 5.94. The quantitative estimate of drug-likeness (QED) is 0.497. The summed E-state index contributed by atoms with van der Waals surface area (Å²) in [7, 11) is 0. The van der Waals surface area contributed by atoms with Gasteiger partial charge in [-0.25, -0.2) is 9.97 Å². The number of nitrogens with one attached hydrogen (secondary N) is 1. The first-order valence-corrected chi connectivity index (χ1v) is 11.9. The molecule has 1 aliphatic rings. The lowest BCUT2D eigenvalue weighted by atomic mass is 9.95. The lowest BCUT2D eigenvalue weighted by Gasteiger charge is -2.37. The number of rotatable bonds is 9. The lowest BCUT2D eigenvalue weighted by molar-refractivity contribution is -0.133. The second-order valence-corrected chi connectivity index (χ2v) is 8.50. The van der Waals surface area contributed by atoms with E-state index in [4.69, 9.17) is 0 Å². The Hall–Kier alpha value is -3.68. The van der Waals surface area contributed by atoms with E-state index in [2.05, 4.69) is 27.1 Å². The molecule has 0 spiro atoms. The molecule has 1 aromatic carbocycles. The van der Waals surface area contributed by atoms with E-state index in [1.807, 2.05) is 58.1 Å². The summed E-state index contributed by atoms with van der Waals surface area (Å²) in [4.78, 5) is 38.2. The summed E-state index contributed by atoms with van der Waals surface area (Å²) in [5.74, 6) is 0.815. The molecule has 0 bridgehead atoms. The van der Waals surface area contributed by atoms with Gasteiger partial charge in [-0.2, -0.15) is 0 Å². The molecule has 1 unspecified atom stereocenters. The van der Waals surface area contributed by atoms with E-state index in [9.17, 15) is 9.59 Å². The zero-order valence-corrected chi connectivity index (χ0v) is 19.6. The van der Waals surface area contributed by atoms with Crippen molar-refractivity contribution in [3.63, 3.8) is 0 Å².